The first-order valence-electron chi connectivity index (χ1n) is 6.48. The highest BCUT2D eigenvalue weighted by Gasteiger charge is 2.45. The summed E-state index contributed by atoms with van der Waals surface area (Å²) >= 11 is 5.82. The summed E-state index contributed by atoms with van der Waals surface area (Å²) in [6.45, 7) is 0. The maximum absolute atomic E-state index is 12.2. The van der Waals surface area contributed by atoms with E-state index in [4.69, 9.17) is 11.6 Å². The summed E-state index contributed by atoms with van der Waals surface area (Å²) in [6, 6.07) is 6.22. The van der Waals surface area contributed by atoms with Gasteiger partial charge in [0.05, 0.1) is 5.52 Å². The van der Waals surface area contributed by atoms with Crippen molar-refractivity contribution >= 4 is 34.1 Å². The first-order chi connectivity index (χ1) is 9.22. The zero-order valence-electron chi connectivity index (χ0n) is 10.2. The monoisotopic (exact) mass is 273 g/mol. The molecule has 2 atom stereocenters. The van der Waals surface area contributed by atoms with Crippen LogP contribution in [0.25, 0.3) is 10.9 Å². The highest BCUT2D eigenvalue weighted by molar-refractivity contribution is 6.28. The van der Waals surface area contributed by atoms with Gasteiger partial charge in [-0.2, -0.15) is 0 Å². The Morgan fingerprint density at radius 1 is 1.32 bits per heavy atom. The lowest BCUT2D eigenvalue weighted by atomic mass is 10.1. The molecule has 2 heterocycles. The van der Waals surface area contributed by atoms with Gasteiger partial charge >= 0.3 is 0 Å². The van der Waals surface area contributed by atoms with Crippen LogP contribution in [0.4, 0.5) is 5.69 Å². The number of fused-ring (bicyclic) bond motifs is 3. The molecule has 19 heavy (non-hydrogen) atoms. The molecule has 0 unspecified atom stereocenters. The van der Waals surface area contributed by atoms with E-state index in [0.29, 0.717) is 6.04 Å². The first kappa shape index (κ1) is 11.2. The van der Waals surface area contributed by atoms with Gasteiger partial charge in [0.2, 0.25) is 11.2 Å². The summed E-state index contributed by atoms with van der Waals surface area (Å²) in [5.74, 6) is 0.491. The number of rotatable bonds is 1. The van der Waals surface area contributed by atoms with E-state index in [2.05, 4.69) is 9.97 Å². The number of piperidine rings is 1. The second-order valence-corrected chi connectivity index (χ2v) is 5.59. The summed E-state index contributed by atoms with van der Waals surface area (Å²) in [6.07, 6.45) is 4.86. The van der Waals surface area contributed by atoms with Crippen LogP contribution in [0.15, 0.2) is 24.4 Å². The van der Waals surface area contributed by atoms with Crippen LogP contribution >= 0.6 is 11.6 Å². The average Bonchev–Trinajstić information content (AvgIpc) is 2.98. The zero-order chi connectivity index (χ0) is 13.0. The summed E-state index contributed by atoms with van der Waals surface area (Å²) in [7, 11) is 0. The van der Waals surface area contributed by atoms with Crippen LogP contribution in [0.3, 0.4) is 0 Å². The molecule has 2 aliphatic rings. The number of nitrogens with zero attached hydrogens (tertiary/aromatic N) is 3. The maximum Gasteiger partial charge on any atom is 0.230 e. The number of carbonyl (C=O) groups excluding carboxylic acids is 1. The molecule has 5 heteroatoms. The van der Waals surface area contributed by atoms with Crippen molar-refractivity contribution < 1.29 is 4.79 Å². The minimum atomic E-state index is 0.231. The second kappa shape index (κ2) is 3.90. The Morgan fingerprint density at radius 3 is 3.00 bits per heavy atom. The topological polar surface area (TPSA) is 46.1 Å². The molecule has 0 N–H and O–H groups in total. The fourth-order valence-electron chi connectivity index (χ4n) is 3.27. The number of hydrogen-bond acceptors (Lipinski definition) is 3. The maximum atomic E-state index is 12.2. The van der Waals surface area contributed by atoms with E-state index in [1.54, 1.807) is 6.20 Å². The molecule has 1 aliphatic heterocycles. The van der Waals surface area contributed by atoms with E-state index in [-0.39, 0.29) is 17.1 Å². The quantitative estimate of drug-likeness (QED) is 0.751. The Labute approximate surface area is 115 Å². The van der Waals surface area contributed by atoms with Crippen LogP contribution in [-0.2, 0) is 4.79 Å². The van der Waals surface area contributed by atoms with Gasteiger partial charge in [-0.15, -0.1) is 0 Å². The number of aromatic nitrogens is 2. The Balaban J connectivity index is 1.81. The highest BCUT2D eigenvalue weighted by atomic mass is 35.5. The third kappa shape index (κ3) is 1.63. The van der Waals surface area contributed by atoms with Crippen molar-refractivity contribution in [3.8, 4) is 0 Å². The van der Waals surface area contributed by atoms with E-state index < -0.39 is 0 Å². The lowest BCUT2D eigenvalue weighted by Gasteiger charge is -2.27. The number of benzene rings is 1. The molecule has 0 radical (unpaired) electrons. The van der Waals surface area contributed by atoms with Crippen LogP contribution in [0.1, 0.15) is 19.3 Å². The molecule has 1 aromatic heterocycles. The normalized spacial score (nSPS) is 25.5. The van der Waals surface area contributed by atoms with Gasteiger partial charge in [0.25, 0.3) is 0 Å². The molecule has 4 rings (SSSR count). The Hall–Kier alpha value is -1.68. The van der Waals surface area contributed by atoms with Crippen molar-refractivity contribution in [2.45, 2.75) is 25.3 Å². The number of amides is 1. The number of anilines is 1. The number of halogens is 1. The van der Waals surface area contributed by atoms with E-state index in [1.165, 1.54) is 0 Å². The molecule has 2 aromatic rings. The van der Waals surface area contributed by atoms with E-state index >= 15 is 0 Å². The van der Waals surface area contributed by atoms with Gasteiger partial charge in [-0.05, 0) is 49.1 Å². The molecule has 1 aromatic carbocycles. The minimum Gasteiger partial charge on any atom is -0.309 e. The van der Waals surface area contributed by atoms with Gasteiger partial charge in [0, 0.05) is 29.2 Å². The van der Waals surface area contributed by atoms with Crippen molar-refractivity contribution in [3.05, 3.63) is 29.7 Å². The van der Waals surface area contributed by atoms with Crippen LogP contribution in [0.5, 0.6) is 0 Å². The molecule has 1 saturated carbocycles. The lowest BCUT2D eigenvalue weighted by molar-refractivity contribution is -0.121. The SMILES string of the molecule is O=C1[C@@H]2CC[C@@H](C2)N1c1ccc2cnc(Cl)nc2c1. The van der Waals surface area contributed by atoms with Crippen LogP contribution in [-0.4, -0.2) is 21.9 Å². The van der Waals surface area contributed by atoms with Gasteiger partial charge in [0.15, 0.2) is 0 Å². The van der Waals surface area contributed by atoms with Crippen LogP contribution < -0.4 is 4.90 Å². The van der Waals surface area contributed by atoms with Crippen LogP contribution in [0.2, 0.25) is 5.28 Å². The zero-order valence-corrected chi connectivity index (χ0v) is 11.0. The summed E-state index contributed by atoms with van der Waals surface area (Å²) in [5.41, 5.74) is 1.72. The van der Waals surface area contributed by atoms with Gasteiger partial charge in [0.1, 0.15) is 0 Å². The van der Waals surface area contributed by atoms with Gasteiger partial charge in [-0.3, -0.25) is 4.79 Å². The van der Waals surface area contributed by atoms with Gasteiger partial charge < -0.3 is 4.90 Å². The predicted octanol–water partition coefficient (Wildman–Crippen LogP) is 2.80. The minimum absolute atomic E-state index is 0.231. The molecule has 1 amide bonds. The van der Waals surface area contributed by atoms with E-state index in [0.717, 1.165) is 35.9 Å². The largest absolute Gasteiger partial charge is 0.309 e. The molecule has 2 fully saturated rings. The number of hydrogen-bond donors (Lipinski definition) is 0. The molecule has 4 nitrogen and oxygen atoms in total. The standard InChI is InChI=1S/C14H12ClN3O/c15-14-16-7-9-2-4-11(6-12(9)17-14)18-10-3-1-8(5-10)13(18)19/h2,4,6-8,10H,1,3,5H2/t8-,10+/m1/s1. The molecule has 0 spiro atoms. The highest BCUT2D eigenvalue weighted by Crippen LogP contribution is 2.41. The van der Waals surface area contributed by atoms with Crippen molar-refractivity contribution in [1.29, 1.82) is 0 Å². The summed E-state index contributed by atoms with van der Waals surface area (Å²) in [5, 5.41) is 1.17. The summed E-state index contributed by atoms with van der Waals surface area (Å²) in [4.78, 5) is 22.3. The second-order valence-electron chi connectivity index (χ2n) is 5.25. The molecular formula is C14H12ClN3O. The third-order valence-corrected chi connectivity index (χ3v) is 4.35. The molecule has 2 bridgehead atoms. The van der Waals surface area contributed by atoms with Gasteiger partial charge in [-0.1, -0.05) is 0 Å². The van der Waals surface area contributed by atoms with Gasteiger partial charge in [-0.25, -0.2) is 9.97 Å². The molecule has 1 aliphatic carbocycles. The third-order valence-electron chi connectivity index (χ3n) is 4.17. The predicted molar refractivity (Wildman–Crippen MR) is 73.2 cm³/mol. The Kier molecular flexibility index (Phi) is 2.30. The summed E-state index contributed by atoms with van der Waals surface area (Å²) < 4.78 is 0. The first-order valence-corrected chi connectivity index (χ1v) is 6.85. The van der Waals surface area contributed by atoms with E-state index in [1.807, 2.05) is 23.1 Å². The molecular weight excluding hydrogens is 262 g/mol. The fourth-order valence-corrected chi connectivity index (χ4v) is 3.41. The van der Waals surface area contributed by atoms with Crippen molar-refractivity contribution in [1.82, 2.24) is 9.97 Å². The van der Waals surface area contributed by atoms with Crippen molar-refractivity contribution in [2.75, 3.05) is 4.90 Å². The molecule has 96 valence electrons. The fraction of sp³-hybridized carbons (Fsp3) is 0.357. The smallest absolute Gasteiger partial charge is 0.230 e. The van der Waals surface area contributed by atoms with E-state index in [9.17, 15) is 4.79 Å². The lowest BCUT2D eigenvalue weighted by Crippen LogP contribution is -2.36. The average molecular weight is 274 g/mol. The molecule has 1 saturated heterocycles. The Morgan fingerprint density at radius 2 is 2.21 bits per heavy atom. The number of carbonyl (C=O) groups is 1. The van der Waals surface area contributed by atoms with Crippen LogP contribution in [0, 0.1) is 5.92 Å². The van der Waals surface area contributed by atoms with Crippen molar-refractivity contribution in [2.24, 2.45) is 5.92 Å². The van der Waals surface area contributed by atoms with Crippen molar-refractivity contribution in [3.63, 3.8) is 0 Å². The Bertz CT molecular complexity index is 687.